The lowest BCUT2D eigenvalue weighted by Gasteiger charge is -2.02. The van der Waals surface area contributed by atoms with Crippen LogP contribution in [0.5, 0.6) is 0 Å². The van der Waals surface area contributed by atoms with Crippen molar-refractivity contribution in [1.82, 2.24) is 0 Å². The van der Waals surface area contributed by atoms with Crippen LogP contribution in [0.1, 0.15) is 10.4 Å². The van der Waals surface area contributed by atoms with Crippen molar-refractivity contribution in [2.45, 2.75) is 4.90 Å². The number of halogens is 2. The van der Waals surface area contributed by atoms with E-state index in [4.69, 9.17) is 5.14 Å². The molecule has 0 atom stereocenters. The van der Waals surface area contributed by atoms with Gasteiger partial charge in [0.05, 0.1) is 15.8 Å². The van der Waals surface area contributed by atoms with Crippen molar-refractivity contribution >= 4 is 31.7 Å². The zero-order valence-corrected chi connectivity index (χ0v) is 9.81. The maximum atomic E-state index is 13.1. The van der Waals surface area contributed by atoms with E-state index < -0.39 is 21.6 Å². The van der Waals surface area contributed by atoms with Gasteiger partial charge in [-0.2, -0.15) is 0 Å². The molecule has 0 fully saturated rings. The van der Waals surface area contributed by atoms with E-state index >= 15 is 0 Å². The van der Waals surface area contributed by atoms with Crippen LogP contribution in [-0.2, 0) is 10.0 Å². The molecule has 1 aromatic carbocycles. The first-order valence-electron chi connectivity index (χ1n) is 3.78. The molecule has 0 amide bonds. The van der Waals surface area contributed by atoms with Gasteiger partial charge in [0.2, 0.25) is 10.0 Å². The van der Waals surface area contributed by atoms with Crippen LogP contribution in [0, 0.1) is 5.82 Å². The Bertz CT molecular complexity index is 501. The third-order valence-electron chi connectivity index (χ3n) is 1.69. The van der Waals surface area contributed by atoms with E-state index in [2.05, 4.69) is 15.9 Å². The van der Waals surface area contributed by atoms with Gasteiger partial charge in [-0.3, -0.25) is 4.79 Å². The van der Waals surface area contributed by atoms with Gasteiger partial charge in [-0.15, -0.1) is 0 Å². The first kappa shape index (κ1) is 12.3. The van der Waals surface area contributed by atoms with E-state index in [9.17, 15) is 17.6 Å². The molecule has 0 aliphatic carbocycles. The average Bonchev–Trinajstić information content (AvgIpc) is 2.15. The molecule has 0 heterocycles. The first-order chi connectivity index (χ1) is 6.86. The van der Waals surface area contributed by atoms with Gasteiger partial charge in [-0.1, -0.05) is 15.9 Å². The molecule has 0 saturated heterocycles. The number of alkyl halides is 1. The standard InChI is InChI=1S/C8H7BrFNO3S/c9-4-8(12)6-3-5(15(11,13)14)1-2-7(6)10/h1-3H,4H2,(H2,11,13,14). The normalized spacial score (nSPS) is 11.4. The second-order valence-electron chi connectivity index (χ2n) is 2.74. The van der Waals surface area contributed by atoms with Gasteiger partial charge in [0.25, 0.3) is 0 Å². The van der Waals surface area contributed by atoms with Crippen LogP contribution in [0.25, 0.3) is 0 Å². The minimum absolute atomic E-state index is 0.0853. The van der Waals surface area contributed by atoms with E-state index in [1.165, 1.54) is 0 Å². The maximum Gasteiger partial charge on any atom is 0.238 e. The summed E-state index contributed by atoms with van der Waals surface area (Å²) in [6.07, 6.45) is 0. The van der Waals surface area contributed by atoms with E-state index in [0.717, 1.165) is 18.2 Å². The topological polar surface area (TPSA) is 77.2 Å². The van der Waals surface area contributed by atoms with Crippen LogP contribution >= 0.6 is 15.9 Å². The molecule has 0 saturated carbocycles. The number of hydrogen-bond donors (Lipinski definition) is 1. The van der Waals surface area contributed by atoms with E-state index in [-0.39, 0.29) is 15.8 Å². The number of primary sulfonamides is 1. The number of benzene rings is 1. The Morgan fingerprint density at radius 3 is 2.53 bits per heavy atom. The average molecular weight is 296 g/mol. The number of hydrogen-bond acceptors (Lipinski definition) is 3. The van der Waals surface area contributed by atoms with Gasteiger partial charge in [0.1, 0.15) is 5.82 Å². The molecular weight excluding hydrogens is 289 g/mol. The second-order valence-corrected chi connectivity index (χ2v) is 4.87. The van der Waals surface area contributed by atoms with Gasteiger partial charge >= 0.3 is 0 Å². The van der Waals surface area contributed by atoms with Gasteiger partial charge in [0, 0.05) is 0 Å². The third kappa shape index (κ3) is 2.83. The molecule has 2 N–H and O–H groups in total. The van der Waals surface area contributed by atoms with Crippen molar-refractivity contribution in [3.8, 4) is 0 Å². The summed E-state index contributed by atoms with van der Waals surface area (Å²) in [7, 11) is -3.92. The molecular formula is C8H7BrFNO3S. The highest BCUT2D eigenvalue weighted by molar-refractivity contribution is 9.09. The molecule has 7 heteroatoms. The lowest BCUT2D eigenvalue weighted by atomic mass is 10.1. The van der Waals surface area contributed by atoms with Crippen molar-refractivity contribution in [3.63, 3.8) is 0 Å². The fourth-order valence-electron chi connectivity index (χ4n) is 0.967. The fourth-order valence-corrected chi connectivity index (χ4v) is 1.81. The van der Waals surface area contributed by atoms with Crippen molar-refractivity contribution in [1.29, 1.82) is 0 Å². The van der Waals surface area contributed by atoms with Crippen LogP contribution < -0.4 is 5.14 Å². The minimum atomic E-state index is -3.92. The van der Waals surface area contributed by atoms with Crippen molar-refractivity contribution < 1.29 is 17.6 Å². The van der Waals surface area contributed by atoms with Gasteiger partial charge in [-0.25, -0.2) is 17.9 Å². The van der Waals surface area contributed by atoms with Crippen LogP contribution in [0.2, 0.25) is 0 Å². The number of sulfonamides is 1. The van der Waals surface area contributed by atoms with E-state index in [0.29, 0.717) is 0 Å². The molecule has 0 bridgehead atoms. The van der Waals surface area contributed by atoms with Crippen LogP contribution in [0.4, 0.5) is 4.39 Å². The lowest BCUT2D eigenvalue weighted by Crippen LogP contribution is -2.14. The van der Waals surface area contributed by atoms with Gasteiger partial charge in [0.15, 0.2) is 5.78 Å². The van der Waals surface area contributed by atoms with Crippen LogP contribution in [0.15, 0.2) is 23.1 Å². The smallest absolute Gasteiger partial charge is 0.238 e. The molecule has 1 aromatic rings. The van der Waals surface area contributed by atoms with Crippen LogP contribution in [-0.4, -0.2) is 19.5 Å². The summed E-state index contributed by atoms with van der Waals surface area (Å²) in [5.74, 6) is -1.31. The predicted octanol–water partition coefficient (Wildman–Crippen LogP) is 1.05. The van der Waals surface area contributed by atoms with Gasteiger partial charge in [-0.05, 0) is 18.2 Å². The first-order valence-corrected chi connectivity index (χ1v) is 6.44. The second kappa shape index (κ2) is 4.38. The molecule has 4 nitrogen and oxygen atoms in total. The molecule has 82 valence electrons. The third-order valence-corrected chi connectivity index (χ3v) is 3.11. The monoisotopic (exact) mass is 295 g/mol. The summed E-state index contributed by atoms with van der Waals surface area (Å²) in [6.45, 7) is 0. The summed E-state index contributed by atoms with van der Waals surface area (Å²) in [6, 6.07) is 2.83. The highest BCUT2D eigenvalue weighted by Crippen LogP contribution is 2.15. The highest BCUT2D eigenvalue weighted by atomic mass is 79.9. The van der Waals surface area contributed by atoms with Crippen LogP contribution in [0.3, 0.4) is 0 Å². The van der Waals surface area contributed by atoms with Crippen molar-refractivity contribution in [3.05, 3.63) is 29.6 Å². The Morgan fingerprint density at radius 2 is 2.07 bits per heavy atom. The lowest BCUT2D eigenvalue weighted by molar-refractivity contribution is 0.102. The summed E-state index contributed by atoms with van der Waals surface area (Å²) in [5, 5.41) is 4.76. The maximum absolute atomic E-state index is 13.1. The summed E-state index contributed by atoms with van der Waals surface area (Å²) >= 11 is 2.86. The highest BCUT2D eigenvalue weighted by Gasteiger charge is 2.15. The Balaban J connectivity index is 3.36. The Labute approximate surface area is 94.5 Å². The van der Waals surface area contributed by atoms with Crippen molar-refractivity contribution in [2.75, 3.05) is 5.33 Å². The number of ketones is 1. The fraction of sp³-hybridized carbons (Fsp3) is 0.125. The quantitative estimate of drug-likeness (QED) is 0.669. The Kier molecular flexibility index (Phi) is 3.58. The molecule has 0 radical (unpaired) electrons. The minimum Gasteiger partial charge on any atom is -0.293 e. The number of nitrogens with two attached hydrogens (primary N) is 1. The molecule has 0 unspecified atom stereocenters. The van der Waals surface area contributed by atoms with Crippen molar-refractivity contribution in [2.24, 2.45) is 5.14 Å². The summed E-state index contributed by atoms with van der Waals surface area (Å²) in [5.41, 5.74) is -0.293. The number of Topliss-reactive ketones (excluding diaryl/α,β-unsaturated/α-hetero) is 1. The predicted molar refractivity (Wildman–Crippen MR) is 55.9 cm³/mol. The SMILES string of the molecule is NS(=O)(=O)c1ccc(F)c(C(=O)CBr)c1. The number of carbonyl (C=O) groups excluding carboxylic acids is 1. The molecule has 0 aliphatic rings. The summed E-state index contributed by atoms with van der Waals surface area (Å²) in [4.78, 5) is 10.9. The molecule has 0 aliphatic heterocycles. The Hall–Kier alpha value is -0.790. The molecule has 15 heavy (non-hydrogen) atoms. The molecule has 0 spiro atoms. The summed E-state index contributed by atoms with van der Waals surface area (Å²) < 4.78 is 35.0. The largest absolute Gasteiger partial charge is 0.293 e. The number of rotatable bonds is 3. The van der Waals surface area contributed by atoms with E-state index in [1.807, 2.05) is 0 Å². The van der Waals surface area contributed by atoms with Gasteiger partial charge < -0.3 is 0 Å². The molecule has 0 aromatic heterocycles. The zero-order valence-electron chi connectivity index (χ0n) is 7.41. The zero-order chi connectivity index (χ0) is 11.6. The Morgan fingerprint density at radius 1 is 1.47 bits per heavy atom. The van der Waals surface area contributed by atoms with E-state index in [1.54, 1.807) is 0 Å². The number of carbonyl (C=O) groups is 1. The molecule has 1 rings (SSSR count).